The molecule has 1 aliphatic heterocycles. The summed E-state index contributed by atoms with van der Waals surface area (Å²) in [6, 6.07) is 6.32. The molecule has 1 atom stereocenters. The molecule has 0 bridgehead atoms. The Balaban J connectivity index is 1.81. The molecule has 18 heavy (non-hydrogen) atoms. The number of hydrogen-bond donors (Lipinski definition) is 1. The van der Waals surface area contributed by atoms with Gasteiger partial charge in [-0.05, 0) is 37.1 Å². The lowest BCUT2D eigenvalue weighted by Gasteiger charge is -2.20. The average molecular weight is 243 g/mol. The van der Waals surface area contributed by atoms with Gasteiger partial charge in [0.1, 0.15) is 5.76 Å². The van der Waals surface area contributed by atoms with Crippen LogP contribution in [0, 0.1) is 6.92 Å². The van der Waals surface area contributed by atoms with Crippen LogP contribution in [0.3, 0.4) is 0 Å². The molecule has 2 N–H and O–H groups in total. The van der Waals surface area contributed by atoms with Gasteiger partial charge in [0.25, 0.3) is 0 Å². The molecule has 0 spiro atoms. The Morgan fingerprint density at radius 2 is 2.11 bits per heavy atom. The number of oxazole rings is 1. The van der Waals surface area contributed by atoms with Crippen LogP contribution < -0.4 is 5.73 Å². The molecule has 4 nitrogen and oxygen atoms in total. The number of aryl methyl sites for hydroxylation is 1. The number of nitrogens with two attached hydrogens (primary N) is 1. The molecule has 1 aromatic heterocycles. The van der Waals surface area contributed by atoms with Gasteiger partial charge >= 0.3 is 0 Å². The van der Waals surface area contributed by atoms with Crippen molar-refractivity contribution in [3.63, 3.8) is 0 Å². The normalized spacial score (nSPS) is 16.8. The standard InChI is InChI=1S/C14H17N3O/c1-9-6-16-14(18-9)10(2)17-7-11-3-4-13(15)5-12(11)8-17/h3-6,10H,7-8,15H2,1-2H3. The second-order valence-corrected chi connectivity index (χ2v) is 4.92. The minimum absolute atomic E-state index is 0.187. The third-order valence-corrected chi connectivity index (χ3v) is 3.52. The molecule has 0 aliphatic carbocycles. The Labute approximate surface area is 106 Å². The van der Waals surface area contributed by atoms with Crippen LogP contribution in [0.2, 0.25) is 0 Å². The Kier molecular flexibility index (Phi) is 2.59. The van der Waals surface area contributed by atoms with Gasteiger partial charge in [0.05, 0.1) is 12.2 Å². The van der Waals surface area contributed by atoms with Crippen LogP contribution in [0.1, 0.15) is 35.7 Å². The third kappa shape index (κ3) is 1.88. The monoisotopic (exact) mass is 243 g/mol. The molecule has 2 aromatic rings. The highest BCUT2D eigenvalue weighted by Crippen LogP contribution is 2.31. The van der Waals surface area contributed by atoms with Crippen LogP contribution in [-0.4, -0.2) is 9.88 Å². The van der Waals surface area contributed by atoms with Crippen molar-refractivity contribution in [2.75, 3.05) is 5.73 Å². The Morgan fingerprint density at radius 3 is 2.83 bits per heavy atom. The Bertz CT molecular complexity index is 576. The average Bonchev–Trinajstić information content (AvgIpc) is 2.93. The zero-order valence-corrected chi connectivity index (χ0v) is 10.7. The van der Waals surface area contributed by atoms with E-state index in [2.05, 4.69) is 28.9 Å². The van der Waals surface area contributed by atoms with E-state index >= 15 is 0 Å². The van der Waals surface area contributed by atoms with E-state index in [4.69, 9.17) is 10.2 Å². The van der Waals surface area contributed by atoms with E-state index in [0.29, 0.717) is 0 Å². The first-order chi connectivity index (χ1) is 8.63. The van der Waals surface area contributed by atoms with Crippen molar-refractivity contribution in [3.05, 3.63) is 47.2 Å². The van der Waals surface area contributed by atoms with Crippen LogP contribution in [0.15, 0.2) is 28.8 Å². The maximum Gasteiger partial charge on any atom is 0.211 e. The molecule has 3 rings (SSSR count). The van der Waals surface area contributed by atoms with Gasteiger partial charge in [-0.15, -0.1) is 0 Å². The van der Waals surface area contributed by atoms with E-state index in [1.165, 1.54) is 11.1 Å². The summed E-state index contributed by atoms with van der Waals surface area (Å²) < 4.78 is 5.60. The fraction of sp³-hybridized carbons (Fsp3) is 0.357. The first-order valence-corrected chi connectivity index (χ1v) is 6.17. The summed E-state index contributed by atoms with van der Waals surface area (Å²) in [7, 11) is 0. The van der Waals surface area contributed by atoms with Crippen molar-refractivity contribution in [2.45, 2.75) is 33.0 Å². The van der Waals surface area contributed by atoms with E-state index in [1.807, 2.05) is 13.0 Å². The summed E-state index contributed by atoms with van der Waals surface area (Å²) in [5, 5.41) is 0. The van der Waals surface area contributed by atoms with Gasteiger partial charge in [-0.3, -0.25) is 4.90 Å². The van der Waals surface area contributed by atoms with Crippen LogP contribution in [0.25, 0.3) is 0 Å². The molecular formula is C14H17N3O. The molecule has 0 amide bonds. The van der Waals surface area contributed by atoms with Crippen molar-refractivity contribution in [2.24, 2.45) is 0 Å². The van der Waals surface area contributed by atoms with E-state index in [0.717, 1.165) is 30.4 Å². The lowest BCUT2D eigenvalue weighted by molar-refractivity contribution is 0.183. The van der Waals surface area contributed by atoms with Gasteiger partial charge in [-0.25, -0.2) is 4.98 Å². The minimum Gasteiger partial charge on any atom is -0.444 e. The zero-order valence-electron chi connectivity index (χ0n) is 10.7. The largest absolute Gasteiger partial charge is 0.444 e. The highest BCUT2D eigenvalue weighted by atomic mass is 16.4. The molecule has 0 saturated heterocycles. The number of nitrogen functional groups attached to an aromatic ring is 1. The molecular weight excluding hydrogens is 226 g/mol. The second kappa shape index (κ2) is 4.14. The fourth-order valence-corrected chi connectivity index (χ4v) is 2.44. The lowest BCUT2D eigenvalue weighted by atomic mass is 10.1. The van der Waals surface area contributed by atoms with Crippen molar-refractivity contribution in [1.29, 1.82) is 0 Å². The Hall–Kier alpha value is -1.81. The summed E-state index contributed by atoms with van der Waals surface area (Å²) in [6.07, 6.45) is 1.77. The summed E-state index contributed by atoms with van der Waals surface area (Å²) >= 11 is 0. The molecule has 1 aliphatic rings. The first kappa shape index (κ1) is 11.3. The van der Waals surface area contributed by atoms with E-state index < -0.39 is 0 Å². The molecule has 0 fully saturated rings. The summed E-state index contributed by atoms with van der Waals surface area (Å²) in [6.45, 7) is 5.88. The van der Waals surface area contributed by atoms with Crippen LogP contribution in [-0.2, 0) is 13.1 Å². The zero-order chi connectivity index (χ0) is 12.7. The number of benzene rings is 1. The number of anilines is 1. The molecule has 2 heterocycles. The highest BCUT2D eigenvalue weighted by molar-refractivity contribution is 5.46. The predicted octanol–water partition coefficient (Wildman–Crippen LogP) is 2.64. The SMILES string of the molecule is Cc1cnc(C(C)N2Cc3ccc(N)cc3C2)o1. The number of aromatic nitrogens is 1. The van der Waals surface area contributed by atoms with Gasteiger partial charge in [0, 0.05) is 18.8 Å². The van der Waals surface area contributed by atoms with Crippen LogP contribution in [0.5, 0.6) is 0 Å². The molecule has 0 saturated carbocycles. The molecule has 1 aromatic carbocycles. The molecule has 0 radical (unpaired) electrons. The third-order valence-electron chi connectivity index (χ3n) is 3.52. The van der Waals surface area contributed by atoms with Crippen molar-refractivity contribution < 1.29 is 4.42 Å². The molecule has 1 unspecified atom stereocenters. The minimum atomic E-state index is 0.187. The summed E-state index contributed by atoms with van der Waals surface area (Å²) in [5.41, 5.74) is 9.30. The van der Waals surface area contributed by atoms with Crippen molar-refractivity contribution in [1.82, 2.24) is 9.88 Å². The summed E-state index contributed by atoms with van der Waals surface area (Å²) in [4.78, 5) is 6.65. The van der Waals surface area contributed by atoms with Gasteiger partial charge < -0.3 is 10.2 Å². The molecule has 94 valence electrons. The predicted molar refractivity (Wildman–Crippen MR) is 69.8 cm³/mol. The Morgan fingerprint density at radius 1 is 1.33 bits per heavy atom. The van der Waals surface area contributed by atoms with Crippen molar-refractivity contribution >= 4 is 5.69 Å². The van der Waals surface area contributed by atoms with Gasteiger partial charge in [-0.2, -0.15) is 0 Å². The highest BCUT2D eigenvalue weighted by Gasteiger charge is 2.26. The van der Waals surface area contributed by atoms with E-state index in [1.54, 1.807) is 6.20 Å². The smallest absolute Gasteiger partial charge is 0.211 e. The topological polar surface area (TPSA) is 55.3 Å². The van der Waals surface area contributed by atoms with Crippen molar-refractivity contribution in [3.8, 4) is 0 Å². The molecule has 4 heteroatoms. The van der Waals surface area contributed by atoms with Crippen LogP contribution >= 0.6 is 0 Å². The number of nitrogens with zero attached hydrogens (tertiary/aromatic N) is 2. The fourth-order valence-electron chi connectivity index (χ4n) is 2.44. The maximum atomic E-state index is 5.82. The quantitative estimate of drug-likeness (QED) is 0.824. The van der Waals surface area contributed by atoms with Gasteiger partial charge in [0.15, 0.2) is 0 Å². The van der Waals surface area contributed by atoms with Crippen LogP contribution in [0.4, 0.5) is 5.69 Å². The number of hydrogen-bond acceptors (Lipinski definition) is 4. The number of rotatable bonds is 2. The maximum absolute atomic E-state index is 5.82. The van der Waals surface area contributed by atoms with E-state index in [-0.39, 0.29) is 6.04 Å². The van der Waals surface area contributed by atoms with E-state index in [9.17, 15) is 0 Å². The number of fused-ring (bicyclic) bond motifs is 1. The first-order valence-electron chi connectivity index (χ1n) is 6.17. The van der Waals surface area contributed by atoms with Gasteiger partial charge in [0.2, 0.25) is 5.89 Å². The lowest BCUT2D eigenvalue weighted by Crippen LogP contribution is -2.20. The van der Waals surface area contributed by atoms with Gasteiger partial charge in [-0.1, -0.05) is 6.07 Å². The summed E-state index contributed by atoms with van der Waals surface area (Å²) in [5.74, 6) is 1.64. The second-order valence-electron chi connectivity index (χ2n) is 4.92.